The van der Waals surface area contributed by atoms with Gasteiger partial charge in [-0.2, -0.15) is 5.10 Å². The van der Waals surface area contributed by atoms with E-state index in [9.17, 15) is 5.11 Å². The minimum absolute atomic E-state index is 0.418. The molecule has 5 nitrogen and oxygen atoms in total. The molecule has 5 heteroatoms. The summed E-state index contributed by atoms with van der Waals surface area (Å²) >= 11 is 0. The number of likely N-dealkylation sites (tertiary alicyclic amines) is 1. The molecule has 1 N–H and O–H groups in total. The lowest BCUT2D eigenvalue weighted by Gasteiger charge is -2.33. The van der Waals surface area contributed by atoms with Crippen LogP contribution in [-0.2, 0) is 12.1 Å². The maximum atomic E-state index is 10.8. The van der Waals surface area contributed by atoms with Crippen LogP contribution in [0.2, 0.25) is 0 Å². The van der Waals surface area contributed by atoms with Crippen molar-refractivity contribution >= 4 is 0 Å². The maximum absolute atomic E-state index is 10.8. The van der Waals surface area contributed by atoms with Gasteiger partial charge in [0.1, 0.15) is 12.7 Å². The van der Waals surface area contributed by atoms with Gasteiger partial charge < -0.3 is 5.11 Å². The Morgan fingerprint density at radius 3 is 2.86 bits per heavy atom. The average molecular weight is 286 g/mol. The fourth-order valence-corrected chi connectivity index (χ4v) is 3.14. The van der Waals surface area contributed by atoms with Gasteiger partial charge in [-0.05, 0) is 31.9 Å². The van der Waals surface area contributed by atoms with Crippen molar-refractivity contribution in [3.8, 4) is 0 Å². The number of hydrogen-bond donors (Lipinski definition) is 1. The van der Waals surface area contributed by atoms with Crippen LogP contribution in [0.15, 0.2) is 43.0 Å². The second kappa shape index (κ2) is 5.95. The molecule has 0 aliphatic carbocycles. The summed E-state index contributed by atoms with van der Waals surface area (Å²) in [5, 5.41) is 15.0. The van der Waals surface area contributed by atoms with Crippen LogP contribution in [0.3, 0.4) is 0 Å². The summed E-state index contributed by atoms with van der Waals surface area (Å²) in [6, 6.07) is 10.3. The molecule has 1 aliphatic rings. The molecule has 1 aromatic carbocycles. The molecular formula is C16H22N4O. The molecule has 112 valence electrons. The first-order chi connectivity index (χ1) is 10.1. The Bertz CT molecular complexity index is 553. The van der Waals surface area contributed by atoms with E-state index >= 15 is 0 Å². The van der Waals surface area contributed by atoms with Crippen LogP contribution in [0.4, 0.5) is 0 Å². The lowest BCUT2D eigenvalue weighted by atomic mass is 9.95. The van der Waals surface area contributed by atoms with E-state index in [1.54, 1.807) is 12.7 Å². The number of nitrogens with zero attached hydrogens (tertiary/aromatic N) is 4. The van der Waals surface area contributed by atoms with Gasteiger partial charge >= 0.3 is 0 Å². The standard InChI is InChI=1S/C16H22N4O/c1-16(21,14-6-3-2-4-7-14)11-19-9-5-8-15(19)10-20-13-17-12-18-20/h2-4,6-7,12-13,15,21H,5,8-11H2,1H3/t15-,16+/m0/s1. The zero-order valence-corrected chi connectivity index (χ0v) is 12.4. The minimum atomic E-state index is -0.827. The van der Waals surface area contributed by atoms with Gasteiger partial charge in [0, 0.05) is 12.6 Å². The van der Waals surface area contributed by atoms with Gasteiger partial charge in [0.25, 0.3) is 0 Å². The third-order valence-electron chi connectivity index (χ3n) is 4.27. The predicted octanol–water partition coefficient (Wildman–Crippen LogP) is 1.65. The zero-order chi connectivity index (χ0) is 14.7. The monoisotopic (exact) mass is 286 g/mol. The highest BCUT2D eigenvalue weighted by Gasteiger charge is 2.32. The van der Waals surface area contributed by atoms with Crippen LogP contribution in [0.25, 0.3) is 0 Å². The number of hydrogen-bond acceptors (Lipinski definition) is 4. The third-order valence-corrected chi connectivity index (χ3v) is 4.27. The number of benzene rings is 1. The van der Waals surface area contributed by atoms with Crippen molar-refractivity contribution in [2.45, 2.75) is 38.0 Å². The van der Waals surface area contributed by atoms with E-state index in [-0.39, 0.29) is 0 Å². The number of aliphatic hydroxyl groups is 1. The smallest absolute Gasteiger partial charge is 0.137 e. The van der Waals surface area contributed by atoms with E-state index in [1.165, 1.54) is 6.42 Å². The topological polar surface area (TPSA) is 54.2 Å². The largest absolute Gasteiger partial charge is 0.384 e. The van der Waals surface area contributed by atoms with Gasteiger partial charge in [-0.15, -0.1) is 0 Å². The molecule has 21 heavy (non-hydrogen) atoms. The van der Waals surface area contributed by atoms with Crippen LogP contribution in [-0.4, -0.2) is 43.9 Å². The van der Waals surface area contributed by atoms with Gasteiger partial charge in [-0.1, -0.05) is 30.3 Å². The van der Waals surface area contributed by atoms with E-state index in [0.29, 0.717) is 12.6 Å². The van der Waals surface area contributed by atoms with Crippen molar-refractivity contribution in [3.63, 3.8) is 0 Å². The highest BCUT2D eigenvalue weighted by Crippen LogP contribution is 2.26. The van der Waals surface area contributed by atoms with Crippen molar-refractivity contribution in [2.75, 3.05) is 13.1 Å². The Balaban J connectivity index is 1.68. The van der Waals surface area contributed by atoms with Crippen molar-refractivity contribution in [2.24, 2.45) is 0 Å². The summed E-state index contributed by atoms with van der Waals surface area (Å²) in [6.07, 6.45) is 5.64. The molecule has 0 radical (unpaired) electrons. The normalized spacial score (nSPS) is 22.3. The van der Waals surface area contributed by atoms with Crippen molar-refractivity contribution < 1.29 is 5.11 Å². The summed E-state index contributed by atoms with van der Waals surface area (Å²) in [5.74, 6) is 0. The Kier molecular flexibility index (Phi) is 4.03. The van der Waals surface area contributed by atoms with Crippen LogP contribution in [0, 0.1) is 0 Å². The van der Waals surface area contributed by atoms with Gasteiger partial charge in [0.15, 0.2) is 0 Å². The summed E-state index contributed by atoms with van der Waals surface area (Å²) in [6.45, 7) is 4.41. The van der Waals surface area contributed by atoms with Gasteiger partial charge in [0.2, 0.25) is 0 Å². The fourth-order valence-electron chi connectivity index (χ4n) is 3.14. The molecule has 2 heterocycles. The number of aromatic nitrogens is 3. The number of rotatable bonds is 5. The van der Waals surface area contributed by atoms with E-state index in [2.05, 4.69) is 15.0 Å². The molecule has 0 unspecified atom stereocenters. The predicted molar refractivity (Wildman–Crippen MR) is 80.6 cm³/mol. The Morgan fingerprint density at radius 1 is 1.33 bits per heavy atom. The van der Waals surface area contributed by atoms with Crippen molar-refractivity contribution in [1.82, 2.24) is 19.7 Å². The molecule has 1 aromatic heterocycles. The SMILES string of the molecule is C[C@@](O)(CN1CCC[C@H]1Cn1cncn1)c1ccccc1. The van der Waals surface area contributed by atoms with E-state index < -0.39 is 5.60 Å². The first-order valence-electron chi connectivity index (χ1n) is 7.49. The zero-order valence-electron chi connectivity index (χ0n) is 12.4. The first-order valence-corrected chi connectivity index (χ1v) is 7.49. The molecule has 3 rings (SSSR count). The van der Waals surface area contributed by atoms with Crippen LogP contribution < -0.4 is 0 Å². The summed E-state index contributed by atoms with van der Waals surface area (Å²) in [5.41, 5.74) is 0.142. The molecule has 1 fully saturated rings. The minimum Gasteiger partial charge on any atom is -0.384 e. The lowest BCUT2D eigenvalue weighted by Crippen LogP contribution is -2.43. The second-order valence-corrected chi connectivity index (χ2v) is 6.02. The Morgan fingerprint density at radius 2 is 2.14 bits per heavy atom. The quantitative estimate of drug-likeness (QED) is 0.908. The van der Waals surface area contributed by atoms with Crippen LogP contribution in [0.5, 0.6) is 0 Å². The molecule has 0 saturated carbocycles. The second-order valence-electron chi connectivity index (χ2n) is 6.02. The molecule has 0 amide bonds. The van der Waals surface area contributed by atoms with Crippen LogP contribution >= 0.6 is 0 Å². The van der Waals surface area contributed by atoms with E-state index in [0.717, 1.165) is 25.1 Å². The van der Waals surface area contributed by atoms with Gasteiger partial charge in [0.05, 0.1) is 12.1 Å². The molecular weight excluding hydrogens is 264 g/mol. The molecule has 2 atom stereocenters. The van der Waals surface area contributed by atoms with Gasteiger partial charge in [-0.3, -0.25) is 9.58 Å². The van der Waals surface area contributed by atoms with Crippen LogP contribution in [0.1, 0.15) is 25.3 Å². The summed E-state index contributed by atoms with van der Waals surface area (Å²) in [7, 11) is 0. The number of β-amino-alcohol motifs (C(OH)–C–C–N with tert-alkyl or cyclic N) is 1. The maximum Gasteiger partial charge on any atom is 0.137 e. The fraction of sp³-hybridized carbons (Fsp3) is 0.500. The molecule has 1 saturated heterocycles. The molecule has 0 bridgehead atoms. The molecule has 1 aliphatic heterocycles. The van der Waals surface area contributed by atoms with Crippen molar-refractivity contribution in [3.05, 3.63) is 48.5 Å². The first kappa shape index (κ1) is 14.2. The lowest BCUT2D eigenvalue weighted by molar-refractivity contribution is 0.00965. The molecule has 2 aromatic rings. The Labute approximate surface area is 125 Å². The third kappa shape index (κ3) is 3.31. The van der Waals surface area contributed by atoms with E-state index in [1.807, 2.05) is 41.9 Å². The highest BCUT2D eigenvalue weighted by atomic mass is 16.3. The van der Waals surface area contributed by atoms with E-state index in [4.69, 9.17) is 0 Å². The summed E-state index contributed by atoms with van der Waals surface area (Å²) in [4.78, 5) is 6.37. The Hall–Kier alpha value is -1.72. The molecule has 0 spiro atoms. The van der Waals surface area contributed by atoms with Crippen molar-refractivity contribution in [1.29, 1.82) is 0 Å². The average Bonchev–Trinajstić information content (AvgIpc) is 3.13. The highest BCUT2D eigenvalue weighted by molar-refractivity contribution is 5.22. The van der Waals surface area contributed by atoms with Gasteiger partial charge in [-0.25, -0.2) is 4.98 Å². The summed E-state index contributed by atoms with van der Waals surface area (Å²) < 4.78 is 1.88.